The molecule has 150 valence electrons. The van der Waals surface area contributed by atoms with E-state index in [0.717, 1.165) is 11.1 Å². The van der Waals surface area contributed by atoms with Gasteiger partial charge in [0.15, 0.2) is 0 Å². The Bertz CT molecular complexity index is 929. The van der Waals surface area contributed by atoms with Crippen molar-refractivity contribution in [3.05, 3.63) is 69.8 Å². The molecule has 0 radical (unpaired) electrons. The van der Waals surface area contributed by atoms with Gasteiger partial charge in [0.1, 0.15) is 0 Å². The molecular formula is C19H24N4O4S. The van der Waals surface area contributed by atoms with Crippen molar-refractivity contribution < 1.29 is 13.3 Å². The Morgan fingerprint density at radius 1 is 1.11 bits per heavy atom. The van der Waals surface area contributed by atoms with Gasteiger partial charge in [0, 0.05) is 50.9 Å². The van der Waals surface area contributed by atoms with Crippen molar-refractivity contribution in [2.45, 2.75) is 17.9 Å². The van der Waals surface area contributed by atoms with Crippen LogP contribution in [-0.2, 0) is 10.0 Å². The van der Waals surface area contributed by atoms with E-state index >= 15 is 0 Å². The number of hydrogen-bond donors (Lipinski definition) is 1. The minimum absolute atomic E-state index is 0.0630. The van der Waals surface area contributed by atoms with Crippen LogP contribution < -0.4 is 5.73 Å². The molecule has 1 fully saturated rings. The maximum Gasteiger partial charge on any atom is 0.269 e. The summed E-state index contributed by atoms with van der Waals surface area (Å²) in [5, 5.41) is 10.8. The number of nitrogens with zero attached hydrogens (tertiary/aromatic N) is 3. The molecule has 0 amide bonds. The van der Waals surface area contributed by atoms with E-state index in [4.69, 9.17) is 5.73 Å². The zero-order chi connectivity index (χ0) is 20.3. The minimum Gasteiger partial charge on any atom is -0.329 e. The largest absolute Gasteiger partial charge is 0.329 e. The number of piperazine rings is 1. The highest BCUT2D eigenvalue weighted by Gasteiger charge is 2.34. The number of nitro benzene ring substituents is 1. The third-order valence-corrected chi connectivity index (χ3v) is 6.90. The Kier molecular flexibility index (Phi) is 6.09. The van der Waals surface area contributed by atoms with E-state index in [-0.39, 0.29) is 16.6 Å². The molecule has 1 atom stereocenters. The third-order valence-electron chi connectivity index (χ3n) is 5.02. The van der Waals surface area contributed by atoms with Gasteiger partial charge in [-0.1, -0.05) is 29.8 Å². The molecule has 9 heteroatoms. The van der Waals surface area contributed by atoms with Crippen LogP contribution in [0, 0.1) is 17.0 Å². The maximum absolute atomic E-state index is 13.1. The monoisotopic (exact) mass is 404 g/mol. The Morgan fingerprint density at radius 2 is 1.75 bits per heavy atom. The number of sulfonamides is 1. The van der Waals surface area contributed by atoms with E-state index < -0.39 is 14.9 Å². The average molecular weight is 404 g/mol. The van der Waals surface area contributed by atoms with Crippen LogP contribution in [0.15, 0.2) is 53.4 Å². The first-order valence-electron chi connectivity index (χ1n) is 9.08. The molecule has 28 heavy (non-hydrogen) atoms. The minimum atomic E-state index is -3.74. The van der Waals surface area contributed by atoms with Crippen molar-refractivity contribution in [2.24, 2.45) is 5.73 Å². The van der Waals surface area contributed by atoms with Gasteiger partial charge in [-0.05, 0) is 24.6 Å². The second-order valence-corrected chi connectivity index (χ2v) is 8.80. The topological polar surface area (TPSA) is 110 Å². The first kappa shape index (κ1) is 20.4. The average Bonchev–Trinajstić information content (AvgIpc) is 2.69. The van der Waals surface area contributed by atoms with Crippen LogP contribution in [0.2, 0.25) is 0 Å². The molecule has 1 unspecified atom stereocenters. The fourth-order valence-electron chi connectivity index (χ4n) is 3.44. The van der Waals surface area contributed by atoms with Gasteiger partial charge in [0.25, 0.3) is 5.69 Å². The normalized spacial score (nSPS) is 18.9. The summed E-state index contributed by atoms with van der Waals surface area (Å²) in [6.45, 7) is 4.42. The second-order valence-electron chi connectivity index (χ2n) is 6.87. The fraction of sp³-hybridized carbons (Fsp3) is 0.368. The first-order valence-corrected chi connectivity index (χ1v) is 10.5. The number of nitrogens with two attached hydrogens (primary N) is 1. The molecule has 2 N–H and O–H groups in total. The van der Waals surface area contributed by atoms with Gasteiger partial charge in [-0.3, -0.25) is 15.0 Å². The Labute approximate surface area is 164 Å². The van der Waals surface area contributed by atoms with Crippen molar-refractivity contribution in [3.63, 3.8) is 0 Å². The molecule has 2 aromatic rings. The summed E-state index contributed by atoms with van der Waals surface area (Å²) < 4.78 is 27.6. The van der Waals surface area contributed by atoms with Crippen LogP contribution in [0.4, 0.5) is 5.69 Å². The number of aryl methyl sites for hydroxylation is 1. The third kappa shape index (κ3) is 4.22. The van der Waals surface area contributed by atoms with Gasteiger partial charge < -0.3 is 5.73 Å². The maximum atomic E-state index is 13.1. The molecule has 8 nitrogen and oxygen atoms in total. The summed E-state index contributed by atoms with van der Waals surface area (Å²) in [5.41, 5.74) is 7.79. The Balaban J connectivity index is 1.87. The van der Waals surface area contributed by atoms with Crippen molar-refractivity contribution >= 4 is 15.7 Å². The van der Waals surface area contributed by atoms with Crippen LogP contribution >= 0.6 is 0 Å². The fourth-order valence-corrected chi connectivity index (χ4v) is 4.88. The van der Waals surface area contributed by atoms with Crippen molar-refractivity contribution in [1.82, 2.24) is 9.21 Å². The Hall–Kier alpha value is -2.33. The van der Waals surface area contributed by atoms with Crippen LogP contribution in [0.5, 0.6) is 0 Å². The zero-order valence-electron chi connectivity index (χ0n) is 15.7. The molecule has 0 saturated carbocycles. The summed E-state index contributed by atoms with van der Waals surface area (Å²) in [7, 11) is -3.74. The van der Waals surface area contributed by atoms with E-state index in [9.17, 15) is 18.5 Å². The van der Waals surface area contributed by atoms with Crippen LogP contribution in [-0.4, -0.2) is 55.3 Å². The van der Waals surface area contributed by atoms with Gasteiger partial charge in [-0.15, -0.1) is 0 Å². The first-order chi connectivity index (χ1) is 13.3. The molecule has 0 bridgehead atoms. The molecule has 1 aliphatic rings. The van der Waals surface area contributed by atoms with E-state index in [2.05, 4.69) is 4.90 Å². The summed E-state index contributed by atoms with van der Waals surface area (Å²) in [6, 6.07) is 13.0. The number of rotatable bonds is 6. The second kappa shape index (κ2) is 8.36. The van der Waals surface area contributed by atoms with Gasteiger partial charge >= 0.3 is 0 Å². The SMILES string of the molecule is Cc1ccc(C2CN(S(=O)(=O)c3ccc([N+](=O)[O-])cc3)CCN2CCN)cc1. The van der Waals surface area contributed by atoms with E-state index in [1.54, 1.807) is 0 Å². The van der Waals surface area contributed by atoms with Gasteiger partial charge in [-0.25, -0.2) is 8.42 Å². The lowest BCUT2D eigenvalue weighted by Crippen LogP contribution is -2.51. The van der Waals surface area contributed by atoms with Crippen LogP contribution in [0.1, 0.15) is 17.2 Å². The molecule has 0 aromatic heterocycles. The van der Waals surface area contributed by atoms with Crippen LogP contribution in [0.25, 0.3) is 0 Å². The molecule has 0 aliphatic carbocycles. The van der Waals surface area contributed by atoms with E-state index in [1.165, 1.54) is 28.6 Å². The molecule has 1 heterocycles. The quantitative estimate of drug-likeness (QED) is 0.582. The zero-order valence-corrected chi connectivity index (χ0v) is 16.5. The van der Waals surface area contributed by atoms with E-state index in [1.807, 2.05) is 31.2 Å². The lowest BCUT2D eigenvalue weighted by Gasteiger charge is -2.41. The predicted molar refractivity (Wildman–Crippen MR) is 106 cm³/mol. The van der Waals surface area contributed by atoms with Crippen LogP contribution in [0.3, 0.4) is 0 Å². The molecule has 3 rings (SSSR count). The molecule has 1 aliphatic heterocycles. The van der Waals surface area contributed by atoms with Gasteiger partial charge in [-0.2, -0.15) is 4.31 Å². The molecule has 0 spiro atoms. The highest BCUT2D eigenvalue weighted by atomic mass is 32.2. The summed E-state index contributed by atoms with van der Waals surface area (Å²) >= 11 is 0. The summed E-state index contributed by atoms with van der Waals surface area (Å²) in [4.78, 5) is 12.5. The van der Waals surface area contributed by atoms with Crippen molar-refractivity contribution in [2.75, 3.05) is 32.7 Å². The standard InChI is InChI=1S/C19H24N4O4S/c1-15-2-4-16(5-3-15)19-14-22(13-12-21(19)11-10-20)28(26,27)18-8-6-17(7-9-18)23(24)25/h2-9,19H,10-14,20H2,1H3. The summed E-state index contributed by atoms with van der Waals surface area (Å²) in [6.07, 6.45) is 0. The number of benzene rings is 2. The molecular weight excluding hydrogens is 380 g/mol. The smallest absolute Gasteiger partial charge is 0.269 e. The highest BCUT2D eigenvalue weighted by molar-refractivity contribution is 7.89. The lowest BCUT2D eigenvalue weighted by molar-refractivity contribution is -0.384. The van der Waals surface area contributed by atoms with Gasteiger partial charge in [0.2, 0.25) is 10.0 Å². The molecule has 1 saturated heterocycles. The highest BCUT2D eigenvalue weighted by Crippen LogP contribution is 2.29. The predicted octanol–water partition coefficient (Wildman–Crippen LogP) is 1.91. The van der Waals surface area contributed by atoms with Gasteiger partial charge in [0.05, 0.1) is 9.82 Å². The number of nitro groups is 1. The van der Waals surface area contributed by atoms with E-state index in [0.29, 0.717) is 32.7 Å². The van der Waals surface area contributed by atoms with Crippen molar-refractivity contribution in [1.29, 1.82) is 0 Å². The number of hydrogen-bond acceptors (Lipinski definition) is 6. The lowest BCUT2D eigenvalue weighted by atomic mass is 10.0. The van der Waals surface area contributed by atoms with Crippen molar-refractivity contribution in [3.8, 4) is 0 Å². The molecule has 2 aromatic carbocycles. The summed E-state index contributed by atoms with van der Waals surface area (Å²) in [5.74, 6) is 0. The number of non-ortho nitro benzene ring substituents is 1. The Morgan fingerprint density at radius 3 is 2.32 bits per heavy atom.